The number of carbonyl (C=O) groups is 1. The molecule has 1 aliphatic heterocycles. The zero-order valence-corrected chi connectivity index (χ0v) is 7.57. The average molecular weight is 191 g/mol. The van der Waals surface area contributed by atoms with E-state index in [1.54, 1.807) is 0 Å². The van der Waals surface area contributed by atoms with Crippen molar-refractivity contribution in [3.05, 3.63) is 0 Å². The van der Waals surface area contributed by atoms with Gasteiger partial charge in [-0.15, -0.1) is 0 Å². The molecular weight excluding hydrogens is 174 g/mol. The largest absolute Gasteiger partial charge is 0.481 e. The van der Waals surface area contributed by atoms with Gasteiger partial charge in [-0.2, -0.15) is 0 Å². The number of likely N-dealkylation sites (tertiary alicyclic amines) is 1. The highest BCUT2D eigenvalue weighted by molar-refractivity contribution is 5.70. The van der Waals surface area contributed by atoms with Gasteiger partial charge in [-0.25, -0.2) is 0 Å². The summed E-state index contributed by atoms with van der Waals surface area (Å²) in [4.78, 5) is 12.6. The molecule has 0 aliphatic carbocycles. The Labute approximate surface area is 77.3 Å². The molecule has 0 aromatic heterocycles. The number of hydrogen-bond donors (Lipinski definition) is 2. The SMILES string of the molecule is O.O=C(O)C1CCN(CCO)CC1. The predicted octanol–water partition coefficient (Wildman–Crippen LogP) is -1.05. The zero-order chi connectivity index (χ0) is 8.97. The molecule has 0 atom stereocenters. The van der Waals surface area contributed by atoms with E-state index in [2.05, 4.69) is 4.90 Å². The number of carboxylic acid groups (broad SMARTS) is 1. The Morgan fingerprint density at radius 1 is 1.38 bits per heavy atom. The Morgan fingerprint density at radius 2 is 1.92 bits per heavy atom. The third kappa shape index (κ3) is 3.71. The van der Waals surface area contributed by atoms with Crippen LogP contribution in [-0.4, -0.2) is 52.8 Å². The molecule has 0 saturated carbocycles. The fraction of sp³-hybridized carbons (Fsp3) is 0.875. The summed E-state index contributed by atoms with van der Waals surface area (Å²) < 4.78 is 0. The quantitative estimate of drug-likeness (QED) is 0.595. The van der Waals surface area contributed by atoms with Crippen LogP contribution in [0, 0.1) is 5.92 Å². The van der Waals surface area contributed by atoms with Crippen LogP contribution in [0.1, 0.15) is 12.8 Å². The minimum absolute atomic E-state index is 0. The summed E-state index contributed by atoms with van der Waals surface area (Å²) >= 11 is 0. The van der Waals surface area contributed by atoms with Crippen molar-refractivity contribution in [1.29, 1.82) is 0 Å². The van der Waals surface area contributed by atoms with Gasteiger partial charge in [0.15, 0.2) is 0 Å². The van der Waals surface area contributed by atoms with Crippen molar-refractivity contribution >= 4 is 5.97 Å². The van der Waals surface area contributed by atoms with E-state index in [-0.39, 0.29) is 18.0 Å². The number of hydrogen-bond acceptors (Lipinski definition) is 3. The van der Waals surface area contributed by atoms with E-state index in [0.717, 1.165) is 25.9 Å². The van der Waals surface area contributed by atoms with Crippen LogP contribution in [0.5, 0.6) is 0 Å². The van der Waals surface area contributed by atoms with E-state index in [4.69, 9.17) is 10.2 Å². The average Bonchev–Trinajstić information content (AvgIpc) is 2.06. The van der Waals surface area contributed by atoms with Crippen molar-refractivity contribution in [3.63, 3.8) is 0 Å². The van der Waals surface area contributed by atoms with Gasteiger partial charge in [0.05, 0.1) is 12.5 Å². The summed E-state index contributed by atoms with van der Waals surface area (Å²) in [5.41, 5.74) is 0. The van der Waals surface area contributed by atoms with Crippen LogP contribution in [0.25, 0.3) is 0 Å². The molecule has 0 bridgehead atoms. The molecule has 0 spiro atoms. The number of rotatable bonds is 3. The van der Waals surface area contributed by atoms with Crippen LogP contribution in [0.15, 0.2) is 0 Å². The number of aliphatic hydroxyl groups excluding tert-OH is 1. The van der Waals surface area contributed by atoms with Gasteiger partial charge in [-0.1, -0.05) is 0 Å². The van der Waals surface area contributed by atoms with Gasteiger partial charge in [0, 0.05) is 6.54 Å². The van der Waals surface area contributed by atoms with Crippen LogP contribution in [0.3, 0.4) is 0 Å². The number of carboxylic acids is 1. The summed E-state index contributed by atoms with van der Waals surface area (Å²) in [6.07, 6.45) is 1.44. The van der Waals surface area contributed by atoms with Crippen molar-refractivity contribution in [2.75, 3.05) is 26.2 Å². The highest BCUT2D eigenvalue weighted by Crippen LogP contribution is 2.16. The van der Waals surface area contributed by atoms with Gasteiger partial charge in [0.2, 0.25) is 0 Å². The Bertz CT molecular complexity index is 154. The molecule has 5 nitrogen and oxygen atoms in total. The second-order valence-electron chi connectivity index (χ2n) is 3.18. The van der Waals surface area contributed by atoms with E-state index in [0.29, 0.717) is 6.54 Å². The van der Waals surface area contributed by atoms with Crippen molar-refractivity contribution in [2.45, 2.75) is 12.8 Å². The maximum absolute atomic E-state index is 10.6. The highest BCUT2D eigenvalue weighted by atomic mass is 16.4. The molecule has 1 rings (SSSR count). The monoisotopic (exact) mass is 191 g/mol. The molecule has 5 heteroatoms. The molecule has 1 heterocycles. The minimum Gasteiger partial charge on any atom is -0.481 e. The summed E-state index contributed by atoms with van der Waals surface area (Å²) in [7, 11) is 0. The van der Waals surface area contributed by atoms with Crippen molar-refractivity contribution in [2.24, 2.45) is 5.92 Å². The molecule has 0 aromatic rings. The lowest BCUT2D eigenvalue weighted by Crippen LogP contribution is -2.37. The minimum atomic E-state index is -0.682. The molecule has 1 aliphatic rings. The first-order valence-corrected chi connectivity index (χ1v) is 4.30. The Morgan fingerprint density at radius 3 is 2.31 bits per heavy atom. The molecule has 1 saturated heterocycles. The summed E-state index contributed by atoms with van der Waals surface area (Å²) in [6.45, 7) is 2.44. The fourth-order valence-electron chi connectivity index (χ4n) is 1.54. The van der Waals surface area contributed by atoms with Crippen LogP contribution in [0.4, 0.5) is 0 Å². The van der Waals surface area contributed by atoms with E-state index < -0.39 is 5.97 Å². The van der Waals surface area contributed by atoms with E-state index in [9.17, 15) is 4.79 Å². The molecule has 0 radical (unpaired) electrons. The zero-order valence-electron chi connectivity index (χ0n) is 7.57. The second-order valence-corrected chi connectivity index (χ2v) is 3.18. The standard InChI is InChI=1S/C8H15NO3.H2O/c10-6-5-9-3-1-7(2-4-9)8(11)12;/h7,10H,1-6H2,(H,11,12);1H2. The third-order valence-electron chi connectivity index (χ3n) is 2.35. The number of β-amino-alcohol motifs (C(OH)–C–C–N with tert-alkyl or cyclic N) is 1. The lowest BCUT2D eigenvalue weighted by Gasteiger charge is -2.29. The maximum Gasteiger partial charge on any atom is 0.306 e. The van der Waals surface area contributed by atoms with Crippen LogP contribution in [-0.2, 0) is 4.79 Å². The fourth-order valence-corrected chi connectivity index (χ4v) is 1.54. The topological polar surface area (TPSA) is 92.3 Å². The van der Waals surface area contributed by atoms with Gasteiger partial charge in [-0.05, 0) is 25.9 Å². The lowest BCUT2D eigenvalue weighted by molar-refractivity contribution is -0.143. The molecule has 0 aromatic carbocycles. The smallest absolute Gasteiger partial charge is 0.306 e. The van der Waals surface area contributed by atoms with E-state index >= 15 is 0 Å². The van der Waals surface area contributed by atoms with Crippen molar-refractivity contribution in [1.82, 2.24) is 4.90 Å². The van der Waals surface area contributed by atoms with Gasteiger partial charge in [0.1, 0.15) is 0 Å². The van der Waals surface area contributed by atoms with Crippen LogP contribution < -0.4 is 0 Å². The highest BCUT2D eigenvalue weighted by Gasteiger charge is 2.23. The molecule has 78 valence electrons. The number of aliphatic carboxylic acids is 1. The number of nitrogens with zero attached hydrogens (tertiary/aromatic N) is 1. The lowest BCUT2D eigenvalue weighted by atomic mass is 9.97. The third-order valence-corrected chi connectivity index (χ3v) is 2.35. The normalized spacial score (nSPS) is 19.5. The molecule has 0 unspecified atom stereocenters. The molecular formula is C8H17NO4. The van der Waals surface area contributed by atoms with Crippen LogP contribution in [0.2, 0.25) is 0 Å². The summed E-state index contributed by atoms with van der Waals surface area (Å²) in [5, 5.41) is 17.3. The van der Waals surface area contributed by atoms with Gasteiger partial charge < -0.3 is 20.6 Å². The predicted molar refractivity (Wildman–Crippen MR) is 47.5 cm³/mol. The van der Waals surface area contributed by atoms with Gasteiger partial charge in [0.25, 0.3) is 0 Å². The second kappa shape index (κ2) is 5.90. The molecule has 13 heavy (non-hydrogen) atoms. The first-order chi connectivity index (χ1) is 5.74. The van der Waals surface area contributed by atoms with Gasteiger partial charge >= 0.3 is 5.97 Å². The molecule has 1 fully saturated rings. The maximum atomic E-state index is 10.6. The van der Waals surface area contributed by atoms with Crippen molar-refractivity contribution < 1.29 is 20.5 Å². The van der Waals surface area contributed by atoms with Crippen LogP contribution >= 0.6 is 0 Å². The molecule has 4 N–H and O–H groups in total. The number of aliphatic hydroxyl groups is 1. The van der Waals surface area contributed by atoms with Crippen molar-refractivity contribution in [3.8, 4) is 0 Å². The number of piperidine rings is 1. The first-order valence-electron chi connectivity index (χ1n) is 4.30. The first kappa shape index (κ1) is 12.3. The van der Waals surface area contributed by atoms with E-state index in [1.807, 2.05) is 0 Å². The summed E-state index contributed by atoms with van der Waals surface area (Å²) in [6, 6.07) is 0. The summed E-state index contributed by atoms with van der Waals surface area (Å²) in [5.74, 6) is -0.849. The van der Waals surface area contributed by atoms with E-state index in [1.165, 1.54) is 0 Å². The van der Waals surface area contributed by atoms with Gasteiger partial charge in [-0.3, -0.25) is 4.79 Å². The Kier molecular flexibility index (Phi) is 5.61. The molecule has 0 amide bonds. The Balaban J connectivity index is 0.00000144. The Hall–Kier alpha value is -0.650.